The van der Waals surface area contributed by atoms with Crippen LogP contribution in [0.25, 0.3) is 0 Å². The van der Waals surface area contributed by atoms with E-state index in [9.17, 15) is 13.2 Å². The van der Waals surface area contributed by atoms with Gasteiger partial charge in [-0.25, -0.2) is 0 Å². The van der Waals surface area contributed by atoms with Gasteiger partial charge in [0.25, 0.3) is 0 Å². The molecule has 2 N–H and O–H groups in total. The highest BCUT2D eigenvalue weighted by Crippen LogP contribution is 2.37. The van der Waals surface area contributed by atoms with Gasteiger partial charge in [-0.3, -0.25) is 0 Å². The molecule has 132 valence electrons. The van der Waals surface area contributed by atoms with E-state index in [4.69, 9.17) is 9.84 Å². The third kappa shape index (κ3) is 4.16. The van der Waals surface area contributed by atoms with Crippen LogP contribution in [-0.2, 0) is 26.2 Å². The molecule has 9 heteroatoms. The molecule has 0 aliphatic rings. The van der Waals surface area contributed by atoms with Crippen molar-refractivity contribution in [2.75, 3.05) is 18.5 Å². The summed E-state index contributed by atoms with van der Waals surface area (Å²) in [6.07, 6.45) is -3.84. The van der Waals surface area contributed by atoms with E-state index in [1.807, 2.05) is 6.92 Å². The first-order chi connectivity index (χ1) is 11.4. The summed E-state index contributed by atoms with van der Waals surface area (Å²) in [5, 5.41) is 19.4. The number of benzene rings is 1. The molecule has 6 nitrogen and oxygen atoms in total. The molecule has 0 spiro atoms. The summed E-state index contributed by atoms with van der Waals surface area (Å²) in [4.78, 5) is 0. The molecule has 0 unspecified atom stereocenters. The monoisotopic (exact) mass is 344 g/mol. The standard InChI is InChI=1S/C15H19F3N4O2/c1-3-13-20-21-14(22(13)2)9-19-12-5-4-10(24-7-6-23)8-11(12)15(16,17)18/h4-5,8,19,23H,3,6-7,9H2,1-2H3. The Morgan fingerprint density at radius 3 is 2.54 bits per heavy atom. The van der Waals surface area contributed by atoms with Crippen LogP contribution in [0.2, 0.25) is 0 Å². The van der Waals surface area contributed by atoms with Gasteiger partial charge in [0.2, 0.25) is 0 Å². The Morgan fingerprint density at radius 1 is 1.25 bits per heavy atom. The second kappa shape index (κ2) is 7.52. The molecule has 1 heterocycles. The van der Waals surface area contributed by atoms with Gasteiger partial charge >= 0.3 is 6.18 Å². The lowest BCUT2D eigenvalue weighted by Crippen LogP contribution is -2.13. The van der Waals surface area contributed by atoms with Gasteiger partial charge in [-0.1, -0.05) is 6.92 Å². The number of hydrogen-bond acceptors (Lipinski definition) is 5. The minimum Gasteiger partial charge on any atom is -0.491 e. The van der Waals surface area contributed by atoms with Crippen molar-refractivity contribution in [2.45, 2.75) is 26.1 Å². The number of hydrogen-bond donors (Lipinski definition) is 2. The van der Waals surface area contributed by atoms with Gasteiger partial charge in [0.15, 0.2) is 5.82 Å². The molecule has 0 bridgehead atoms. The van der Waals surface area contributed by atoms with E-state index in [0.29, 0.717) is 12.2 Å². The SMILES string of the molecule is CCc1nnc(CNc2ccc(OCCO)cc2C(F)(F)F)n1C. The van der Waals surface area contributed by atoms with Gasteiger partial charge in [-0.05, 0) is 18.2 Å². The highest BCUT2D eigenvalue weighted by Gasteiger charge is 2.34. The first-order valence-corrected chi connectivity index (χ1v) is 7.42. The number of aliphatic hydroxyl groups is 1. The number of halogens is 3. The largest absolute Gasteiger partial charge is 0.491 e. The van der Waals surface area contributed by atoms with E-state index in [1.165, 1.54) is 12.1 Å². The lowest BCUT2D eigenvalue weighted by molar-refractivity contribution is -0.137. The Kier molecular flexibility index (Phi) is 5.66. The van der Waals surface area contributed by atoms with Crippen LogP contribution < -0.4 is 10.1 Å². The van der Waals surface area contributed by atoms with Gasteiger partial charge < -0.3 is 19.7 Å². The second-order valence-electron chi connectivity index (χ2n) is 5.08. The van der Waals surface area contributed by atoms with Gasteiger partial charge in [0.1, 0.15) is 18.2 Å². The first kappa shape index (κ1) is 18.1. The van der Waals surface area contributed by atoms with Gasteiger partial charge in [0, 0.05) is 19.2 Å². The molecule has 24 heavy (non-hydrogen) atoms. The molecule has 2 aromatic rings. The van der Waals surface area contributed by atoms with Crippen molar-refractivity contribution in [3.8, 4) is 5.75 Å². The molecule has 2 rings (SSSR count). The molecule has 1 aromatic heterocycles. The average Bonchev–Trinajstić information content (AvgIpc) is 2.90. The Morgan fingerprint density at radius 2 is 1.96 bits per heavy atom. The number of alkyl halides is 3. The summed E-state index contributed by atoms with van der Waals surface area (Å²) in [7, 11) is 1.77. The predicted octanol–water partition coefficient (Wildman–Crippen LogP) is 2.38. The summed E-state index contributed by atoms with van der Waals surface area (Å²) in [5.41, 5.74) is -0.907. The fraction of sp³-hybridized carbons (Fsp3) is 0.467. The van der Waals surface area contributed by atoms with Gasteiger partial charge in [0.05, 0.1) is 18.7 Å². The second-order valence-corrected chi connectivity index (χ2v) is 5.08. The summed E-state index contributed by atoms with van der Waals surface area (Å²) in [6, 6.07) is 3.63. The third-order valence-corrected chi connectivity index (χ3v) is 3.46. The molecule has 1 aromatic carbocycles. The highest BCUT2D eigenvalue weighted by atomic mass is 19.4. The highest BCUT2D eigenvalue weighted by molar-refractivity contribution is 5.55. The van der Waals surface area contributed by atoms with Crippen LogP contribution in [0.4, 0.5) is 18.9 Å². The number of aromatic nitrogens is 3. The van der Waals surface area contributed by atoms with Crippen molar-refractivity contribution in [1.82, 2.24) is 14.8 Å². The van der Waals surface area contributed by atoms with Gasteiger partial charge in [-0.15, -0.1) is 10.2 Å². The lowest BCUT2D eigenvalue weighted by atomic mass is 10.1. The quantitative estimate of drug-likeness (QED) is 0.807. The fourth-order valence-electron chi connectivity index (χ4n) is 2.20. The van der Waals surface area contributed by atoms with Crippen molar-refractivity contribution in [3.63, 3.8) is 0 Å². The number of aliphatic hydroxyl groups excluding tert-OH is 1. The fourth-order valence-corrected chi connectivity index (χ4v) is 2.20. The molecule has 0 amide bonds. The van der Waals surface area contributed by atoms with Crippen molar-refractivity contribution < 1.29 is 23.0 Å². The van der Waals surface area contributed by atoms with Crippen molar-refractivity contribution in [1.29, 1.82) is 0 Å². The zero-order chi connectivity index (χ0) is 17.7. The maximum absolute atomic E-state index is 13.2. The third-order valence-electron chi connectivity index (χ3n) is 3.46. The molecule has 0 radical (unpaired) electrons. The number of anilines is 1. The van der Waals surface area contributed by atoms with Crippen LogP contribution in [0, 0.1) is 0 Å². The Hall–Kier alpha value is -2.29. The number of rotatable bonds is 7. The van der Waals surface area contributed by atoms with Crippen molar-refractivity contribution in [2.24, 2.45) is 7.05 Å². The number of nitrogens with zero attached hydrogens (tertiary/aromatic N) is 3. The molecule has 0 saturated carbocycles. The summed E-state index contributed by atoms with van der Waals surface area (Å²) in [5.74, 6) is 1.35. The zero-order valence-corrected chi connectivity index (χ0v) is 13.4. The first-order valence-electron chi connectivity index (χ1n) is 7.42. The normalized spacial score (nSPS) is 11.6. The smallest absolute Gasteiger partial charge is 0.418 e. The van der Waals surface area contributed by atoms with Crippen LogP contribution in [0.15, 0.2) is 18.2 Å². The molecule has 0 saturated heterocycles. The maximum atomic E-state index is 13.2. The topological polar surface area (TPSA) is 72.2 Å². The van der Waals surface area contributed by atoms with E-state index in [1.54, 1.807) is 11.6 Å². The van der Waals surface area contributed by atoms with Crippen LogP contribution >= 0.6 is 0 Å². The Balaban J connectivity index is 2.20. The molecular formula is C15H19F3N4O2. The van der Waals surface area contributed by atoms with E-state index < -0.39 is 11.7 Å². The molecule has 0 aliphatic heterocycles. The van der Waals surface area contributed by atoms with Gasteiger partial charge in [-0.2, -0.15) is 13.2 Å². The minimum atomic E-state index is -4.53. The van der Waals surface area contributed by atoms with Crippen molar-refractivity contribution >= 4 is 5.69 Å². The van der Waals surface area contributed by atoms with Crippen LogP contribution in [-0.4, -0.2) is 33.1 Å². The molecule has 0 atom stereocenters. The van der Waals surface area contributed by atoms with E-state index in [-0.39, 0.29) is 31.2 Å². The molecule has 0 fully saturated rings. The van der Waals surface area contributed by atoms with Crippen LogP contribution in [0.3, 0.4) is 0 Å². The Bertz CT molecular complexity index is 686. The number of nitrogens with one attached hydrogen (secondary N) is 1. The van der Waals surface area contributed by atoms with E-state index in [2.05, 4.69) is 15.5 Å². The predicted molar refractivity (Wildman–Crippen MR) is 81.7 cm³/mol. The number of aryl methyl sites for hydroxylation is 1. The lowest BCUT2D eigenvalue weighted by Gasteiger charge is -2.16. The zero-order valence-electron chi connectivity index (χ0n) is 13.4. The summed E-state index contributed by atoms with van der Waals surface area (Å²) >= 11 is 0. The average molecular weight is 344 g/mol. The van der Waals surface area contributed by atoms with Crippen molar-refractivity contribution in [3.05, 3.63) is 35.4 Å². The van der Waals surface area contributed by atoms with E-state index in [0.717, 1.165) is 11.9 Å². The van der Waals surface area contributed by atoms with E-state index >= 15 is 0 Å². The summed E-state index contributed by atoms with van der Waals surface area (Å²) in [6.45, 7) is 1.70. The molecular weight excluding hydrogens is 325 g/mol. The Labute approximate surface area is 137 Å². The van der Waals surface area contributed by atoms with Crippen LogP contribution in [0.1, 0.15) is 24.1 Å². The maximum Gasteiger partial charge on any atom is 0.418 e. The summed E-state index contributed by atoms with van der Waals surface area (Å²) < 4.78 is 46.5. The van der Waals surface area contributed by atoms with Crippen LogP contribution in [0.5, 0.6) is 5.75 Å². The minimum absolute atomic E-state index is 0.0499. The molecule has 0 aliphatic carbocycles. The number of ether oxygens (including phenoxy) is 1.